The number of hydrogen-bond acceptors (Lipinski definition) is 2. The number of likely N-dealkylation sites (N-methyl/N-ethyl adjacent to an activating group) is 1. The lowest BCUT2D eigenvalue weighted by Gasteiger charge is -2.44. The Morgan fingerprint density at radius 1 is 1.22 bits per heavy atom. The quantitative estimate of drug-likeness (QED) is 0.711. The molecule has 0 aromatic heterocycles. The molecule has 0 heterocycles. The maximum Gasteiger partial charge on any atom is 0.0325 e. The van der Waals surface area contributed by atoms with Crippen molar-refractivity contribution in [2.24, 2.45) is 5.92 Å². The summed E-state index contributed by atoms with van der Waals surface area (Å²) in [5, 5.41) is 3.83. The van der Waals surface area contributed by atoms with Crippen LogP contribution in [-0.4, -0.2) is 37.1 Å². The van der Waals surface area contributed by atoms with E-state index in [4.69, 9.17) is 0 Å². The van der Waals surface area contributed by atoms with Crippen molar-refractivity contribution in [3.05, 3.63) is 0 Å². The predicted octanol–water partition coefficient (Wildman–Crippen LogP) is 3.67. The van der Waals surface area contributed by atoms with Crippen molar-refractivity contribution < 1.29 is 0 Å². The lowest BCUT2D eigenvalue weighted by atomic mass is 9.82. The molecule has 0 amide bonds. The molecule has 2 atom stereocenters. The van der Waals surface area contributed by atoms with Crippen molar-refractivity contribution in [2.45, 2.75) is 77.3 Å². The van der Waals surface area contributed by atoms with Crippen LogP contribution >= 0.6 is 0 Å². The van der Waals surface area contributed by atoms with Gasteiger partial charge in [0.2, 0.25) is 0 Å². The van der Waals surface area contributed by atoms with E-state index in [0.717, 1.165) is 12.5 Å². The van der Waals surface area contributed by atoms with Gasteiger partial charge in [-0.25, -0.2) is 0 Å². The zero-order valence-electron chi connectivity index (χ0n) is 13.3. The molecule has 0 aliphatic heterocycles. The first-order valence-corrected chi connectivity index (χ1v) is 7.95. The average Bonchev–Trinajstić information content (AvgIpc) is 2.86. The Bertz CT molecular complexity index is 221. The SMILES string of the molecule is CCCNC(CC1CCCC1)C(C)(CC)N(C)C. The minimum absolute atomic E-state index is 0.289. The molecular weight excluding hydrogens is 220 g/mol. The van der Waals surface area contributed by atoms with Gasteiger partial charge in [-0.05, 0) is 52.7 Å². The summed E-state index contributed by atoms with van der Waals surface area (Å²) < 4.78 is 0. The molecule has 0 aromatic rings. The minimum atomic E-state index is 0.289. The molecule has 0 radical (unpaired) electrons. The van der Waals surface area contributed by atoms with Crippen LogP contribution in [0.15, 0.2) is 0 Å². The second-order valence-electron chi connectivity index (χ2n) is 6.50. The first-order valence-electron chi connectivity index (χ1n) is 7.95. The molecule has 18 heavy (non-hydrogen) atoms. The lowest BCUT2D eigenvalue weighted by molar-refractivity contribution is 0.0985. The van der Waals surface area contributed by atoms with Crippen LogP contribution in [0, 0.1) is 5.92 Å². The smallest absolute Gasteiger partial charge is 0.0325 e. The summed E-state index contributed by atoms with van der Waals surface area (Å²) in [6.07, 6.45) is 9.63. The predicted molar refractivity (Wildman–Crippen MR) is 81.0 cm³/mol. The van der Waals surface area contributed by atoms with Crippen LogP contribution in [0.1, 0.15) is 65.7 Å². The van der Waals surface area contributed by atoms with Crippen LogP contribution in [0.3, 0.4) is 0 Å². The molecule has 1 aliphatic rings. The van der Waals surface area contributed by atoms with Crippen LogP contribution in [0.2, 0.25) is 0 Å². The maximum atomic E-state index is 3.83. The molecule has 1 aliphatic carbocycles. The van der Waals surface area contributed by atoms with Crippen LogP contribution in [0.4, 0.5) is 0 Å². The fraction of sp³-hybridized carbons (Fsp3) is 1.00. The van der Waals surface area contributed by atoms with Crippen molar-refractivity contribution in [3.63, 3.8) is 0 Å². The Kier molecular flexibility index (Phi) is 6.65. The summed E-state index contributed by atoms with van der Waals surface area (Å²) in [6, 6.07) is 0.639. The van der Waals surface area contributed by atoms with E-state index in [1.54, 1.807) is 0 Å². The lowest BCUT2D eigenvalue weighted by Crippen LogP contribution is -2.57. The van der Waals surface area contributed by atoms with Crippen LogP contribution in [-0.2, 0) is 0 Å². The molecule has 1 fully saturated rings. The van der Waals surface area contributed by atoms with Gasteiger partial charge in [0.1, 0.15) is 0 Å². The van der Waals surface area contributed by atoms with Crippen molar-refractivity contribution in [1.29, 1.82) is 0 Å². The number of hydrogen-bond donors (Lipinski definition) is 1. The van der Waals surface area contributed by atoms with Crippen molar-refractivity contribution in [3.8, 4) is 0 Å². The monoisotopic (exact) mass is 254 g/mol. The first-order chi connectivity index (χ1) is 8.54. The molecular formula is C16H34N2. The third kappa shape index (κ3) is 3.96. The molecule has 2 unspecified atom stereocenters. The second-order valence-corrected chi connectivity index (χ2v) is 6.50. The highest BCUT2D eigenvalue weighted by Gasteiger charge is 2.36. The van der Waals surface area contributed by atoms with Crippen molar-refractivity contribution in [2.75, 3.05) is 20.6 Å². The fourth-order valence-electron chi connectivity index (χ4n) is 3.33. The van der Waals surface area contributed by atoms with E-state index < -0.39 is 0 Å². The Morgan fingerprint density at radius 3 is 2.28 bits per heavy atom. The van der Waals surface area contributed by atoms with E-state index in [0.29, 0.717) is 6.04 Å². The summed E-state index contributed by atoms with van der Waals surface area (Å²) in [7, 11) is 4.47. The molecule has 0 saturated heterocycles. The fourth-order valence-corrected chi connectivity index (χ4v) is 3.33. The third-order valence-corrected chi connectivity index (χ3v) is 5.17. The van der Waals surface area contributed by atoms with Crippen molar-refractivity contribution in [1.82, 2.24) is 10.2 Å². The molecule has 2 nitrogen and oxygen atoms in total. The van der Waals surface area contributed by atoms with E-state index >= 15 is 0 Å². The molecule has 1 rings (SSSR count). The molecule has 2 heteroatoms. The van der Waals surface area contributed by atoms with Gasteiger partial charge < -0.3 is 10.2 Å². The van der Waals surface area contributed by atoms with E-state index in [-0.39, 0.29) is 5.54 Å². The van der Waals surface area contributed by atoms with Gasteiger partial charge in [0.05, 0.1) is 0 Å². The Labute approximate surface area is 115 Å². The summed E-state index contributed by atoms with van der Waals surface area (Å²) in [6.45, 7) is 8.17. The Balaban J connectivity index is 2.67. The molecule has 1 N–H and O–H groups in total. The molecule has 0 spiro atoms. The van der Waals surface area contributed by atoms with Crippen LogP contribution in [0.5, 0.6) is 0 Å². The normalized spacial score (nSPS) is 22.3. The number of nitrogens with zero attached hydrogens (tertiary/aromatic N) is 1. The maximum absolute atomic E-state index is 3.83. The molecule has 0 bridgehead atoms. The van der Waals surface area contributed by atoms with Gasteiger partial charge in [0.15, 0.2) is 0 Å². The third-order valence-electron chi connectivity index (χ3n) is 5.17. The summed E-state index contributed by atoms with van der Waals surface area (Å²) >= 11 is 0. The highest BCUT2D eigenvalue weighted by atomic mass is 15.2. The number of rotatable bonds is 8. The van der Waals surface area contributed by atoms with E-state index in [2.05, 4.69) is 45.1 Å². The Hall–Kier alpha value is -0.0800. The highest BCUT2D eigenvalue weighted by Crippen LogP contribution is 2.33. The molecule has 108 valence electrons. The molecule has 0 aromatic carbocycles. The molecule has 1 saturated carbocycles. The second kappa shape index (κ2) is 7.49. The van der Waals surface area contributed by atoms with Gasteiger partial charge >= 0.3 is 0 Å². The van der Waals surface area contributed by atoms with Gasteiger partial charge in [-0.2, -0.15) is 0 Å². The van der Waals surface area contributed by atoms with Gasteiger partial charge in [-0.15, -0.1) is 0 Å². The van der Waals surface area contributed by atoms with E-state index in [1.807, 2.05) is 0 Å². The van der Waals surface area contributed by atoms with Crippen molar-refractivity contribution >= 4 is 0 Å². The minimum Gasteiger partial charge on any atom is -0.312 e. The summed E-state index contributed by atoms with van der Waals surface area (Å²) in [4.78, 5) is 2.43. The van der Waals surface area contributed by atoms with E-state index in [9.17, 15) is 0 Å². The van der Waals surface area contributed by atoms with Crippen LogP contribution in [0.25, 0.3) is 0 Å². The van der Waals surface area contributed by atoms with Gasteiger partial charge in [0.25, 0.3) is 0 Å². The summed E-state index contributed by atoms with van der Waals surface area (Å²) in [5.74, 6) is 0.963. The van der Waals surface area contributed by atoms with Crippen LogP contribution < -0.4 is 5.32 Å². The average molecular weight is 254 g/mol. The van der Waals surface area contributed by atoms with E-state index in [1.165, 1.54) is 44.9 Å². The zero-order valence-corrected chi connectivity index (χ0v) is 13.3. The highest BCUT2D eigenvalue weighted by molar-refractivity contribution is 4.95. The number of nitrogens with one attached hydrogen (secondary N) is 1. The van der Waals surface area contributed by atoms with Gasteiger partial charge in [0, 0.05) is 11.6 Å². The zero-order chi connectivity index (χ0) is 13.6. The topological polar surface area (TPSA) is 15.3 Å². The van der Waals surface area contributed by atoms with Gasteiger partial charge in [-0.1, -0.05) is 39.5 Å². The Morgan fingerprint density at radius 2 is 1.83 bits per heavy atom. The largest absolute Gasteiger partial charge is 0.312 e. The standard InChI is InChI=1S/C16H34N2/c1-6-12-17-15(13-14-10-8-9-11-14)16(3,7-2)18(4)5/h14-15,17H,6-13H2,1-5H3. The first kappa shape index (κ1) is 16.0. The summed E-state index contributed by atoms with van der Waals surface area (Å²) in [5.41, 5.74) is 0.289. The van der Waals surface area contributed by atoms with Gasteiger partial charge in [-0.3, -0.25) is 0 Å².